The van der Waals surface area contributed by atoms with Gasteiger partial charge in [-0.1, -0.05) is 54.9 Å². The van der Waals surface area contributed by atoms with Crippen LogP contribution < -0.4 is 0 Å². The summed E-state index contributed by atoms with van der Waals surface area (Å²) in [5, 5.41) is 5.02. The quantitative estimate of drug-likeness (QED) is 0.612. The summed E-state index contributed by atoms with van der Waals surface area (Å²) >= 11 is 6.01. The molecule has 31 heavy (non-hydrogen) atoms. The third kappa shape index (κ3) is 4.64. The second kappa shape index (κ2) is 9.35. The molecule has 1 aliphatic heterocycles. The number of amides is 2. The molecule has 1 saturated heterocycles. The Morgan fingerprint density at radius 2 is 1.61 bits per heavy atom. The summed E-state index contributed by atoms with van der Waals surface area (Å²) in [6.07, 6.45) is 2.40. The molecule has 160 valence electrons. The average Bonchev–Trinajstić information content (AvgIpc) is 3.21. The predicted octanol–water partition coefficient (Wildman–Crippen LogP) is 3.75. The Balaban J connectivity index is 1.42. The minimum atomic E-state index is -0.0560. The molecule has 0 radical (unpaired) electrons. The minimum absolute atomic E-state index is 0.0222. The molecule has 2 aromatic carbocycles. The standard InChI is InChI=1S/C24H25ClN4O2/c1-2-22-21(16-26-29(22)17-18-7-4-3-5-8-18)24(31)28-13-11-27(12-14-28)23(30)19-9-6-10-20(25)15-19/h3-10,15-16H,2,11-14,17H2,1H3. The molecule has 1 fully saturated rings. The monoisotopic (exact) mass is 436 g/mol. The van der Waals surface area contributed by atoms with Crippen LogP contribution in [-0.2, 0) is 13.0 Å². The molecule has 0 unspecified atom stereocenters. The van der Waals surface area contributed by atoms with Gasteiger partial charge in [-0.2, -0.15) is 5.10 Å². The van der Waals surface area contributed by atoms with Gasteiger partial charge in [0.2, 0.25) is 0 Å². The van der Waals surface area contributed by atoms with Crippen molar-refractivity contribution in [1.29, 1.82) is 0 Å². The molecule has 0 spiro atoms. The number of piperazine rings is 1. The Hall–Kier alpha value is -3.12. The van der Waals surface area contributed by atoms with E-state index in [1.807, 2.05) is 34.7 Å². The van der Waals surface area contributed by atoms with E-state index in [4.69, 9.17) is 11.6 Å². The van der Waals surface area contributed by atoms with Crippen molar-refractivity contribution in [2.75, 3.05) is 26.2 Å². The SMILES string of the molecule is CCc1c(C(=O)N2CCN(C(=O)c3cccc(Cl)c3)CC2)cnn1Cc1ccccc1. The van der Waals surface area contributed by atoms with Crippen LogP contribution in [0.1, 0.15) is 38.9 Å². The zero-order chi connectivity index (χ0) is 21.8. The second-order valence-electron chi connectivity index (χ2n) is 7.60. The molecule has 0 saturated carbocycles. The first kappa shape index (κ1) is 21.1. The number of rotatable bonds is 5. The molecular weight excluding hydrogens is 412 g/mol. The first-order valence-electron chi connectivity index (χ1n) is 10.5. The van der Waals surface area contributed by atoms with Gasteiger partial charge in [-0.3, -0.25) is 14.3 Å². The topological polar surface area (TPSA) is 58.4 Å². The largest absolute Gasteiger partial charge is 0.335 e. The zero-order valence-electron chi connectivity index (χ0n) is 17.5. The highest BCUT2D eigenvalue weighted by atomic mass is 35.5. The maximum atomic E-state index is 13.2. The van der Waals surface area contributed by atoms with E-state index in [1.165, 1.54) is 0 Å². The van der Waals surface area contributed by atoms with Crippen molar-refractivity contribution in [2.24, 2.45) is 0 Å². The van der Waals surface area contributed by atoms with E-state index in [0.29, 0.717) is 48.9 Å². The van der Waals surface area contributed by atoms with Crippen LogP contribution in [0.25, 0.3) is 0 Å². The smallest absolute Gasteiger partial charge is 0.257 e. The first-order valence-corrected chi connectivity index (χ1v) is 10.9. The Bertz CT molecular complexity index is 1070. The lowest BCUT2D eigenvalue weighted by molar-refractivity contribution is 0.0535. The van der Waals surface area contributed by atoms with Gasteiger partial charge in [-0.25, -0.2) is 0 Å². The van der Waals surface area contributed by atoms with Crippen LogP contribution in [0.5, 0.6) is 0 Å². The van der Waals surface area contributed by atoms with Crippen molar-refractivity contribution in [3.05, 3.63) is 88.2 Å². The Kier molecular flexibility index (Phi) is 6.37. The van der Waals surface area contributed by atoms with E-state index in [-0.39, 0.29) is 11.8 Å². The summed E-state index contributed by atoms with van der Waals surface area (Å²) < 4.78 is 1.90. The lowest BCUT2D eigenvalue weighted by Gasteiger charge is -2.34. The minimum Gasteiger partial charge on any atom is -0.335 e. The van der Waals surface area contributed by atoms with Crippen LogP contribution in [-0.4, -0.2) is 57.6 Å². The third-order valence-corrected chi connectivity index (χ3v) is 5.85. The average molecular weight is 437 g/mol. The summed E-state index contributed by atoms with van der Waals surface area (Å²) in [7, 11) is 0. The van der Waals surface area contributed by atoms with Crippen LogP contribution in [0.2, 0.25) is 5.02 Å². The van der Waals surface area contributed by atoms with Crippen molar-refractivity contribution in [3.8, 4) is 0 Å². The maximum absolute atomic E-state index is 13.2. The number of benzene rings is 2. The molecule has 2 amide bonds. The van der Waals surface area contributed by atoms with Crippen molar-refractivity contribution in [2.45, 2.75) is 19.9 Å². The van der Waals surface area contributed by atoms with Gasteiger partial charge < -0.3 is 9.80 Å². The van der Waals surface area contributed by atoms with E-state index >= 15 is 0 Å². The van der Waals surface area contributed by atoms with Gasteiger partial charge in [0.15, 0.2) is 0 Å². The highest BCUT2D eigenvalue weighted by Gasteiger charge is 2.28. The first-order chi connectivity index (χ1) is 15.1. The zero-order valence-corrected chi connectivity index (χ0v) is 18.3. The summed E-state index contributed by atoms with van der Waals surface area (Å²) in [5.74, 6) is -0.0782. The Labute approximate surface area is 187 Å². The van der Waals surface area contributed by atoms with E-state index in [9.17, 15) is 9.59 Å². The van der Waals surface area contributed by atoms with Gasteiger partial charge >= 0.3 is 0 Å². The lowest BCUT2D eigenvalue weighted by atomic mass is 10.1. The fraction of sp³-hybridized carbons (Fsp3) is 0.292. The van der Waals surface area contributed by atoms with E-state index < -0.39 is 0 Å². The van der Waals surface area contributed by atoms with Gasteiger partial charge in [0.1, 0.15) is 0 Å². The highest BCUT2D eigenvalue weighted by molar-refractivity contribution is 6.30. The number of carbonyl (C=O) groups excluding carboxylic acids is 2. The molecule has 4 rings (SSSR count). The van der Waals surface area contributed by atoms with Crippen LogP contribution in [0, 0.1) is 0 Å². The summed E-state index contributed by atoms with van der Waals surface area (Å²) in [4.78, 5) is 29.5. The maximum Gasteiger partial charge on any atom is 0.257 e. The van der Waals surface area contributed by atoms with Crippen molar-refractivity contribution in [1.82, 2.24) is 19.6 Å². The van der Waals surface area contributed by atoms with Crippen molar-refractivity contribution >= 4 is 23.4 Å². The van der Waals surface area contributed by atoms with Gasteiger partial charge in [0.05, 0.1) is 24.0 Å². The van der Waals surface area contributed by atoms with Gasteiger partial charge in [0.25, 0.3) is 11.8 Å². The van der Waals surface area contributed by atoms with Gasteiger partial charge in [-0.15, -0.1) is 0 Å². The van der Waals surface area contributed by atoms with Crippen molar-refractivity contribution < 1.29 is 9.59 Å². The van der Waals surface area contributed by atoms with E-state index in [0.717, 1.165) is 17.7 Å². The molecule has 7 heteroatoms. The molecule has 2 heterocycles. The Morgan fingerprint density at radius 3 is 2.26 bits per heavy atom. The predicted molar refractivity (Wildman–Crippen MR) is 120 cm³/mol. The number of aromatic nitrogens is 2. The molecule has 0 aliphatic carbocycles. The third-order valence-electron chi connectivity index (χ3n) is 5.61. The van der Waals surface area contributed by atoms with Gasteiger partial charge in [0, 0.05) is 36.8 Å². The number of nitrogens with zero attached hydrogens (tertiary/aromatic N) is 4. The van der Waals surface area contributed by atoms with Crippen molar-refractivity contribution in [3.63, 3.8) is 0 Å². The molecule has 6 nitrogen and oxygen atoms in total. The fourth-order valence-corrected chi connectivity index (χ4v) is 4.13. The molecular formula is C24H25ClN4O2. The normalized spacial score (nSPS) is 14.0. The van der Waals surface area contributed by atoms with Crippen LogP contribution in [0.15, 0.2) is 60.8 Å². The van der Waals surface area contributed by atoms with E-state index in [1.54, 1.807) is 35.4 Å². The fourth-order valence-electron chi connectivity index (χ4n) is 3.94. The molecule has 0 atom stereocenters. The Morgan fingerprint density at radius 1 is 0.935 bits per heavy atom. The second-order valence-corrected chi connectivity index (χ2v) is 8.03. The summed E-state index contributed by atoms with van der Waals surface area (Å²) in [6, 6.07) is 17.1. The number of halogens is 1. The molecule has 0 bridgehead atoms. The van der Waals surface area contributed by atoms with Crippen LogP contribution >= 0.6 is 11.6 Å². The number of hydrogen-bond donors (Lipinski definition) is 0. The highest BCUT2D eigenvalue weighted by Crippen LogP contribution is 2.18. The molecule has 1 aliphatic rings. The number of carbonyl (C=O) groups is 2. The molecule has 1 aromatic heterocycles. The van der Waals surface area contributed by atoms with Gasteiger partial charge in [-0.05, 0) is 30.2 Å². The summed E-state index contributed by atoms with van der Waals surface area (Å²) in [5.41, 5.74) is 3.30. The van der Waals surface area contributed by atoms with E-state index in [2.05, 4.69) is 17.2 Å². The summed E-state index contributed by atoms with van der Waals surface area (Å²) in [6.45, 7) is 4.67. The van der Waals surface area contributed by atoms with Crippen LogP contribution in [0.4, 0.5) is 0 Å². The molecule has 0 N–H and O–H groups in total. The lowest BCUT2D eigenvalue weighted by Crippen LogP contribution is -2.50. The molecule has 3 aromatic rings. The number of hydrogen-bond acceptors (Lipinski definition) is 3. The van der Waals surface area contributed by atoms with Crippen LogP contribution in [0.3, 0.4) is 0 Å².